The van der Waals surface area contributed by atoms with Crippen molar-refractivity contribution in [1.82, 2.24) is 4.90 Å². The molecule has 0 spiro atoms. The maximum atomic E-state index is 11.3. The molecule has 0 aliphatic carbocycles. The lowest BCUT2D eigenvalue weighted by molar-refractivity contribution is -0.117. The minimum atomic E-state index is -0.294. The van der Waals surface area contributed by atoms with Gasteiger partial charge in [-0.05, 0) is 31.5 Å². The molecule has 0 saturated carbocycles. The van der Waals surface area contributed by atoms with Crippen LogP contribution >= 0.6 is 0 Å². The van der Waals surface area contributed by atoms with E-state index < -0.39 is 0 Å². The molecular weight excluding hydrogens is 226 g/mol. The molecule has 1 fully saturated rings. The zero-order valence-corrected chi connectivity index (χ0v) is 11.2. The zero-order valence-electron chi connectivity index (χ0n) is 11.2. The van der Waals surface area contributed by atoms with Gasteiger partial charge in [-0.2, -0.15) is 0 Å². The molecule has 1 saturated heterocycles. The van der Waals surface area contributed by atoms with E-state index >= 15 is 0 Å². The highest BCUT2D eigenvalue weighted by molar-refractivity contribution is 5.60. The summed E-state index contributed by atoms with van der Waals surface area (Å²) >= 11 is 0. The number of hydrogen-bond acceptors (Lipinski definition) is 3. The molecule has 3 heteroatoms. The van der Waals surface area contributed by atoms with E-state index in [4.69, 9.17) is 4.74 Å². The lowest BCUT2D eigenvalue weighted by Gasteiger charge is -2.27. The van der Waals surface area contributed by atoms with Gasteiger partial charge in [0.2, 0.25) is 0 Å². The van der Waals surface area contributed by atoms with Crippen LogP contribution in [0.2, 0.25) is 0 Å². The van der Waals surface area contributed by atoms with Crippen LogP contribution in [0.1, 0.15) is 17.5 Å². The van der Waals surface area contributed by atoms with E-state index in [1.54, 1.807) is 0 Å². The van der Waals surface area contributed by atoms with E-state index in [0.29, 0.717) is 13.2 Å². The largest absolute Gasteiger partial charge is 0.380 e. The van der Waals surface area contributed by atoms with Crippen molar-refractivity contribution in [1.29, 1.82) is 0 Å². The number of hydrogen-bond donors (Lipinski definition) is 0. The number of rotatable bonds is 5. The molecule has 1 aromatic carbocycles. The summed E-state index contributed by atoms with van der Waals surface area (Å²) in [5, 5.41) is 0. The van der Waals surface area contributed by atoms with Crippen LogP contribution < -0.4 is 0 Å². The molecular formula is C15H21NO2. The summed E-state index contributed by atoms with van der Waals surface area (Å²) in [6.45, 7) is 5.04. The lowest BCUT2D eigenvalue weighted by atomic mass is 9.88. The first-order chi connectivity index (χ1) is 8.65. The van der Waals surface area contributed by atoms with Gasteiger partial charge in [0, 0.05) is 19.7 Å². The second-order valence-corrected chi connectivity index (χ2v) is 5.38. The normalized spacial score (nSPS) is 23.5. The Kier molecular flexibility index (Phi) is 4.15. The van der Waals surface area contributed by atoms with Crippen LogP contribution in [0.5, 0.6) is 0 Å². The molecule has 1 atom stereocenters. The Morgan fingerprint density at radius 2 is 2.22 bits per heavy atom. The molecule has 0 amide bonds. The van der Waals surface area contributed by atoms with Gasteiger partial charge < -0.3 is 14.4 Å². The van der Waals surface area contributed by atoms with Gasteiger partial charge in [0.05, 0.1) is 12.0 Å². The van der Waals surface area contributed by atoms with Crippen LogP contribution in [0, 0.1) is 12.3 Å². The van der Waals surface area contributed by atoms with Gasteiger partial charge in [-0.25, -0.2) is 0 Å². The molecule has 1 unspecified atom stereocenters. The van der Waals surface area contributed by atoms with Crippen LogP contribution in [0.15, 0.2) is 24.3 Å². The third-order valence-electron chi connectivity index (χ3n) is 3.67. The van der Waals surface area contributed by atoms with Crippen LogP contribution in [0.4, 0.5) is 0 Å². The number of aryl methyl sites for hydroxylation is 1. The van der Waals surface area contributed by atoms with Gasteiger partial charge in [0.1, 0.15) is 6.29 Å². The highest BCUT2D eigenvalue weighted by Crippen LogP contribution is 2.27. The topological polar surface area (TPSA) is 29.5 Å². The number of carbonyl (C=O) groups is 1. The summed E-state index contributed by atoms with van der Waals surface area (Å²) in [5.74, 6) is 0. The molecule has 3 nitrogen and oxygen atoms in total. The zero-order chi connectivity index (χ0) is 13.0. The smallest absolute Gasteiger partial charge is 0.129 e. The van der Waals surface area contributed by atoms with E-state index in [9.17, 15) is 4.79 Å². The predicted molar refractivity (Wildman–Crippen MR) is 71.4 cm³/mol. The first kappa shape index (κ1) is 13.2. The minimum absolute atomic E-state index is 0.294. The quantitative estimate of drug-likeness (QED) is 0.746. The van der Waals surface area contributed by atoms with Crippen molar-refractivity contribution < 1.29 is 9.53 Å². The molecule has 1 heterocycles. The van der Waals surface area contributed by atoms with Crippen LogP contribution in [-0.4, -0.2) is 38.0 Å². The summed E-state index contributed by atoms with van der Waals surface area (Å²) in [6.07, 6.45) is 1.92. The van der Waals surface area contributed by atoms with Crippen molar-refractivity contribution in [2.45, 2.75) is 19.9 Å². The molecule has 0 aromatic heterocycles. The third kappa shape index (κ3) is 2.98. The van der Waals surface area contributed by atoms with Gasteiger partial charge >= 0.3 is 0 Å². The second-order valence-electron chi connectivity index (χ2n) is 5.38. The monoisotopic (exact) mass is 247 g/mol. The molecule has 1 aliphatic heterocycles. The molecule has 0 bridgehead atoms. The van der Waals surface area contributed by atoms with E-state index in [2.05, 4.69) is 43.1 Å². The standard InChI is InChI=1S/C15H21NO2/c1-13-5-3-4-6-14(13)9-16(2)10-15(11-17)7-8-18-12-15/h3-6,11H,7-10,12H2,1-2H3. The fourth-order valence-corrected chi connectivity index (χ4v) is 2.55. The first-order valence-corrected chi connectivity index (χ1v) is 6.42. The second kappa shape index (κ2) is 5.63. The van der Waals surface area contributed by atoms with E-state index in [-0.39, 0.29) is 5.41 Å². The molecule has 1 aromatic rings. The summed E-state index contributed by atoms with van der Waals surface area (Å²) in [7, 11) is 2.07. The van der Waals surface area contributed by atoms with Crippen molar-refractivity contribution in [3.63, 3.8) is 0 Å². The average molecular weight is 247 g/mol. The van der Waals surface area contributed by atoms with E-state index in [1.165, 1.54) is 11.1 Å². The molecule has 2 rings (SSSR count). The van der Waals surface area contributed by atoms with Crippen molar-refractivity contribution in [2.75, 3.05) is 26.8 Å². The summed E-state index contributed by atoms with van der Waals surface area (Å²) in [6, 6.07) is 8.38. The predicted octanol–water partition coefficient (Wildman–Crippen LogP) is 2.03. The molecule has 0 radical (unpaired) electrons. The van der Waals surface area contributed by atoms with Gasteiger partial charge in [0.25, 0.3) is 0 Å². The number of carbonyl (C=O) groups excluding carboxylic acids is 1. The van der Waals surface area contributed by atoms with Crippen LogP contribution in [-0.2, 0) is 16.1 Å². The van der Waals surface area contributed by atoms with E-state index in [0.717, 1.165) is 25.8 Å². The Hall–Kier alpha value is -1.19. The number of benzene rings is 1. The van der Waals surface area contributed by atoms with Gasteiger partial charge in [-0.15, -0.1) is 0 Å². The fourth-order valence-electron chi connectivity index (χ4n) is 2.55. The summed E-state index contributed by atoms with van der Waals surface area (Å²) in [4.78, 5) is 13.5. The minimum Gasteiger partial charge on any atom is -0.380 e. The van der Waals surface area contributed by atoms with Gasteiger partial charge in [0.15, 0.2) is 0 Å². The van der Waals surface area contributed by atoms with Crippen LogP contribution in [0.25, 0.3) is 0 Å². The summed E-state index contributed by atoms with van der Waals surface area (Å²) in [5.41, 5.74) is 2.32. The summed E-state index contributed by atoms with van der Waals surface area (Å²) < 4.78 is 5.37. The average Bonchev–Trinajstić information content (AvgIpc) is 2.81. The molecule has 1 aliphatic rings. The SMILES string of the molecule is Cc1ccccc1CN(C)CC1(C=O)CCOC1. The number of nitrogens with zero attached hydrogens (tertiary/aromatic N) is 1. The first-order valence-electron chi connectivity index (χ1n) is 6.42. The highest BCUT2D eigenvalue weighted by atomic mass is 16.5. The van der Waals surface area contributed by atoms with Crippen molar-refractivity contribution >= 4 is 6.29 Å². The lowest BCUT2D eigenvalue weighted by Crippen LogP contribution is -2.37. The Morgan fingerprint density at radius 1 is 1.44 bits per heavy atom. The Balaban J connectivity index is 1.98. The molecule has 98 valence electrons. The van der Waals surface area contributed by atoms with E-state index in [1.807, 2.05) is 0 Å². The Labute approximate surface area is 109 Å². The Morgan fingerprint density at radius 3 is 2.83 bits per heavy atom. The number of aldehydes is 1. The van der Waals surface area contributed by atoms with Crippen molar-refractivity contribution in [3.05, 3.63) is 35.4 Å². The maximum absolute atomic E-state index is 11.3. The van der Waals surface area contributed by atoms with Crippen molar-refractivity contribution in [2.24, 2.45) is 5.41 Å². The molecule has 0 N–H and O–H groups in total. The Bertz CT molecular complexity index is 411. The van der Waals surface area contributed by atoms with Gasteiger partial charge in [-0.1, -0.05) is 24.3 Å². The molecule has 18 heavy (non-hydrogen) atoms. The maximum Gasteiger partial charge on any atom is 0.129 e. The van der Waals surface area contributed by atoms with Crippen LogP contribution in [0.3, 0.4) is 0 Å². The highest BCUT2D eigenvalue weighted by Gasteiger charge is 2.35. The van der Waals surface area contributed by atoms with Gasteiger partial charge in [-0.3, -0.25) is 0 Å². The number of ether oxygens (including phenoxy) is 1. The van der Waals surface area contributed by atoms with Crippen molar-refractivity contribution in [3.8, 4) is 0 Å². The third-order valence-corrected chi connectivity index (χ3v) is 3.67. The fraction of sp³-hybridized carbons (Fsp3) is 0.533.